The molecule has 2 nitrogen and oxygen atoms in total. The summed E-state index contributed by atoms with van der Waals surface area (Å²) in [6, 6.07) is 14.0. The Morgan fingerprint density at radius 2 is 1.95 bits per heavy atom. The molecule has 0 aliphatic heterocycles. The standard InChI is InChI=1S/C16H18BrNO/c1-2-5-13-6-3-4-7-15(13)18-11-12-8-9-16(19)14(17)10-12/h3-4,6-10,18-19H,2,5,11H2,1H3. The first-order valence-electron chi connectivity index (χ1n) is 6.50. The van der Waals surface area contributed by atoms with Crippen LogP contribution in [0.1, 0.15) is 24.5 Å². The van der Waals surface area contributed by atoms with Gasteiger partial charge in [0.2, 0.25) is 0 Å². The number of para-hydroxylation sites is 1. The summed E-state index contributed by atoms with van der Waals surface area (Å²) in [6.07, 6.45) is 2.23. The normalized spacial score (nSPS) is 10.4. The van der Waals surface area contributed by atoms with Crippen LogP contribution in [0.15, 0.2) is 46.9 Å². The third kappa shape index (κ3) is 3.74. The Kier molecular flexibility index (Phi) is 4.86. The summed E-state index contributed by atoms with van der Waals surface area (Å²) in [4.78, 5) is 0. The second kappa shape index (κ2) is 6.62. The quantitative estimate of drug-likeness (QED) is 0.835. The molecule has 3 heteroatoms. The third-order valence-electron chi connectivity index (χ3n) is 3.03. The Bertz CT molecular complexity index is 554. The highest BCUT2D eigenvalue weighted by Crippen LogP contribution is 2.25. The van der Waals surface area contributed by atoms with E-state index in [1.165, 1.54) is 11.3 Å². The van der Waals surface area contributed by atoms with Gasteiger partial charge in [-0.25, -0.2) is 0 Å². The topological polar surface area (TPSA) is 32.3 Å². The molecule has 0 saturated carbocycles. The van der Waals surface area contributed by atoms with E-state index in [4.69, 9.17) is 0 Å². The van der Waals surface area contributed by atoms with Crippen molar-refractivity contribution in [2.45, 2.75) is 26.3 Å². The number of phenolic OH excluding ortho intramolecular Hbond substituents is 1. The van der Waals surface area contributed by atoms with E-state index in [1.54, 1.807) is 6.07 Å². The van der Waals surface area contributed by atoms with E-state index in [1.807, 2.05) is 18.2 Å². The van der Waals surface area contributed by atoms with Gasteiger partial charge in [-0.3, -0.25) is 0 Å². The first kappa shape index (κ1) is 13.9. The molecule has 0 aliphatic rings. The molecule has 0 bridgehead atoms. The molecule has 0 unspecified atom stereocenters. The summed E-state index contributed by atoms with van der Waals surface area (Å²) >= 11 is 3.33. The van der Waals surface area contributed by atoms with Crippen LogP contribution >= 0.6 is 15.9 Å². The highest BCUT2D eigenvalue weighted by molar-refractivity contribution is 9.10. The van der Waals surface area contributed by atoms with Crippen LogP contribution in [0.4, 0.5) is 5.69 Å². The largest absolute Gasteiger partial charge is 0.507 e. The molecule has 0 heterocycles. The van der Waals surface area contributed by atoms with E-state index in [0.29, 0.717) is 0 Å². The average Bonchev–Trinajstić information content (AvgIpc) is 2.42. The van der Waals surface area contributed by atoms with E-state index in [2.05, 4.69) is 46.4 Å². The molecule has 2 N–H and O–H groups in total. The molecular formula is C16H18BrNO. The number of halogens is 1. The number of phenols is 1. The smallest absolute Gasteiger partial charge is 0.129 e. The van der Waals surface area contributed by atoms with Gasteiger partial charge in [-0.2, -0.15) is 0 Å². The van der Waals surface area contributed by atoms with E-state index in [9.17, 15) is 5.11 Å². The monoisotopic (exact) mass is 319 g/mol. The van der Waals surface area contributed by atoms with Crippen LogP contribution < -0.4 is 5.32 Å². The first-order valence-corrected chi connectivity index (χ1v) is 7.29. The van der Waals surface area contributed by atoms with E-state index >= 15 is 0 Å². The van der Waals surface area contributed by atoms with Gasteiger partial charge in [-0.05, 0) is 51.7 Å². The van der Waals surface area contributed by atoms with E-state index in [0.717, 1.165) is 29.4 Å². The molecule has 0 amide bonds. The van der Waals surface area contributed by atoms with Gasteiger partial charge in [-0.1, -0.05) is 37.6 Å². The van der Waals surface area contributed by atoms with Crippen LogP contribution in [0.2, 0.25) is 0 Å². The molecule has 0 spiro atoms. The van der Waals surface area contributed by atoms with Crippen LogP contribution in [0, 0.1) is 0 Å². The molecular weight excluding hydrogens is 302 g/mol. The highest BCUT2D eigenvalue weighted by Gasteiger charge is 2.02. The van der Waals surface area contributed by atoms with Crippen molar-refractivity contribution in [3.63, 3.8) is 0 Å². The predicted octanol–water partition coefficient (Wildman–Crippen LogP) is 4.72. The lowest BCUT2D eigenvalue weighted by Crippen LogP contribution is -2.02. The zero-order valence-electron chi connectivity index (χ0n) is 11.0. The van der Waals surface area contributed by atoms with Crippen LogP contribution in [-0.4, -0.2) is 5.11 Å². The van der Waals surface area contributed by atoms with Crippen molar-refractivity contribution in [2.75, 3.05) is 5.32 Å². The summed E-state index contributed by atoms with van der Waals surface area (Å²) in [5, 5.41) is 12.9. The first-order chi connectivity index (χ1) is 9.20. The molecule has 2 aromatic carbocycles. The molecule has 2 rings (SSSR count). The predicted molar refractivity (Wildman–Crippen MR) is 83.6 cm³/mol. The highest BCUT2D eigenvalue weighted by atomic mass is 79.9. The molecule has 100 valence electrons. The molecule has 0 fully saturated rings. The summed E-state index contributed by atoms with van der Waals surface area (Å²) in [6.45, 7) is 2.94. The Morgan fingerprint density at radius 3 is 2.68 bits per heavy atom. The van der Waals surface area contributed by atoms with Gasteiger partial charge in [0.05, 0.1) is 4.47 Å². The number of anilines is 1. The van der Waals surface area contributed by atoms with Crippen molar-refractivity contribution in [1.29, 1.82) is 0 Å². The van der Waals surface area contributed by atoms with Crippen LogP contribution in [0.5, 0.6) is 5.75 Å². The van der Waals surface area contributed by atoms with Crippen molar-refractivity contribution in [3.8, 4) is 5.75 Å². The SMILES string of the molecule is CCCc1ccccc1NCc1ccc(O)c(Br)c1. The van der Waals surface area contributed by atoms with Crippen molar-refractivity contribution < 1.29 is 5.11 Å². The fourth-order valence-corrected chi connectivity index (χ4v) is 2.46. The Balaban J connectivity index is 2.07. The lowest BCUT2D eigenvalue weighted by atomic mass is 10.1. The zero-order valence-corrected chi connectivity index (χ0v) is 12.6. The van der Waals surface area contributed by atoms with Gasteiger partial charge < -0.3 is 10.4 Å². The number of aromatic hydroxyl groups is 1. The Hall–Kier alpha value is -1.48. The molecule has 0 atom stereocenters. The van der Waals surface area contributed by atoms with Crippen molar-refractivity contribution in [3.05, 3.63) is 58.1 Å². The Labute approximate surface area is 122 Å². The van der Waals surface area contributed by atoms with Crippen LogP contribution in [0.3, 0.4) is 0 Å². The number of hydrogen-bond donors (Lipinski definition) is 2. The van der Waals surface area contributed by atoms with Gasteiger partial charge >= 0.3 is 0 Å². The molecule has 0 aromatic heterocycles. The molecule has 0 radical (unpaired) electrons. The minimum atomic E-state index is 0.273. The Morgan fingerprint density at radius 1 is 1.16 bits per heavy atom. The molecule has 19 heavy (non-hydrogen) atoms. The van der Waals surface area contributed by atoms with Gasteiger partial charge in [0.1, 0.15) is 5.75 Å². The fourth-order valence-electron chi connectivity index (χ4n) is 2.04. The van der Waals surface area contributed by atoms with E-state index in [-0.39, 0.29) is 5.75 Å². The van der Waals surface area contributed by atoms with Gasteiger partial charge in [-0.15, -0.1) is 0 Å². The van der Waals surface area contributed by atoms with Crippen molar-refractivity contribution in [1.82, 2.24) is 0 Å². The summed E-state index contributed by atoms with van der Waals surface area (Å²) in [5.74, 6) is 0.273. The maximum absolute atomic E-state index is 9.48. The van der Waals surface area contributed by atoms with Crippen molar-refractivity contribution >= 4 is 21.6 Å². The van der Waals surface area contributed by atoms with E-state index < -0.39 is 0 Å². The minimum absolute atomic E-state index is 0.273. The molecule has 2 aromatic rings. The molecule has 0 aliphatic carbocycles. The minimum Gasteiger partial charge on any atom is -0.507 e. The maximum atomic E-state index is 9.48. The average molecular weight is 320 g/mol. The maximum Gasteiger partial charge on any atom is 0.129 e. The zero-order chi connectivity index (χ0) is 13.7. The number of benzene rings is 2. The lowest BCUT2D eigenvalue weighted by Gasteiger charge is -2.12. The van der Waals surface area contributed by atoms with Crippen LogP contribution in [-0.2, 0) is 13.0 Å². The second-order valence-corrected chi connectivity index (χ2v) is 5.40. The number of nitrogens with one attached hydrogen (secondary N) is 1. The fraction of sp³-hybridized carbons (Fsp3) is 0.250. The van der Waals surface area contributed by atoms with Gasteiger partial charge in [0.25, 0.3) is 0 Å². The van der Waals surface area contributed by atoms with Gasteiger partial charge in [0.15, 0.2) is 0 Å². The number of hydrogen-bond acceptors (Lipinski definition) is 2. The summed E-state index contributed by atoms with van der Waals surface area (Å²) in [5.41, 5.74) is 3.67. The lowest BCUT2D eigenvalue weighted by molar-refractivity contribution is 0.471. The van der Waals surface area contributed by atoms with Gasteiger partial charge in [0, 0.05) is 12.2 Å². The number of rotatable bonds is 5. The van der Waals surface area contributed by atoms with Crippen molar-refractivity contribution in [2.24, 2.45) is 0 Å². The summed E-state index contributed by atoms with van der Waals surface area (Å²) in [7, 11) is 0. The molecule has 0 saturated heterocycles. The third-order valence-corrected chi connectivity index (χ3v) is 3.67. The number of aryl methyl sites for hydroxylation is 1. The summed E-state index contributed by atoms with van der Waals surface area (Å²) < 4.78 is 0.730. The van der Waals surface area contributed by atoms with Crippen LogP contribution in [0.25, 0.3) is 0 Å². The second-order valence-electron chi connectivity index (χ2n) is 4.55.